The standard InChI is InChI=1S/C16H18ClO6PS/c1-11-9-12(17)6-7-13(11)22-10-15(18)23-16(14-5-4-8-25-14)24(19,20-2)21-3/h4-9,16H,10H2,1-3H3. The average molecular weight is 405 g/mol. The minimum absolute atomic E-state index is 0.349. The fraction of sp³-hybridized carbons (Fsp3) is 0.312. The van der Waals surface area contributed by atoms with Crippen LogP contribution in [0.5, 0.6) is 5.75 Å². The topological polar surface area (TPSA) is 71.1 Å². The van der Waals surface area contributed by atoms with Crippen molar-refractivity contribution in [1.82, 2.24) is 0 Å². The molecule has 1 aromatic carbocycles. The largest absolute Gasteiger partial charge is 0.482 e. The van der Waals surface area contributed by atoms with Gasteiger partial charge in [0.25, 0.3) is 0 Å². The third kappa shape index (κ3) is 5.06. The molecule has 0 saturated carbocycles. The van der Waals surface area contributed by atoms with E-state index in [0.29, 0.717) is 15.6 Å². The number of thiophene rings is 1. The second-order valence-corrected chi connectivity index (χ2v) is 8.66. The molecule has 0 amide bonds. The maximum absolute atomic E-state index is 12.7. The van der Waals surface area contributed by atoms with Gasteiger partial charge >= 0.3 is 13.6 Å². The van der Waals surface area contributed by atoms with E-state index in [4.69, 9.17) is 30.1 Å². The molecule has 0 fully saturated rings. The summed E-state index contributed by atoms with van der Waals surface area (Å²) in [5.74, 6) is -1.33. The smallest absolute Gasteiger partial charge is 0.375 e. The Balaban J connectivity index is 2.08. The van der Waals surface area contributed by atoms with Crippen molar-refractivity contribution in [2.45, 2.75) is 12.8 Å². The molecular formula is C16H18ClO6PS. The molecule has 0 aliphatic carbocycles. The van der Waals surface area contributed by atoms with Gasteiger partial charge in [-0.25, -0.2) is 4.79 Å². The van der Waals surface area contributed by atoms with Gasteiger partial charge in [0.1, 0.15) is 5.75 Å². The summed E-state index contributed by atoms with van der Waals surface area (Å²) in [4.78, 5) is 12.7. The fourth-order valence-corrected chi connectivity index (χ4v) is 4.66. The van der Waals surface area contributed by atoms with Crippen LogP contribution in [0.15, 0.2) is 35.7 Å². The minimum atomic E-state index is -3.65. The highest BCUT2D eigenvalue weighted by Gasteiger charge is 2.39. The van der Waals surface area contributed by atoms with Gasteiger partial charge in [0.05, 0.1) is 4.88 Å². The summed E-state index contributed by atoms with van der Waals surface area (Å²) in [5, 5.41) is 2.35. The molecule has 1 atom stereocenters. The number of benzene rings is 1. The lowest BCUT2D eigenvalue weighted by Crippen LogP contribution is -2.19. The van der Waals surface area contributed by atoms with E-state index in [9.17, 15) is 9.36 Å². The van der Waals surface area contributed by atoms with Gasteiger partial charge in [-0.05, 0) is 42.1 Å². The molecular weight excluding hydrogens is 387 g/mol. The number of rotatable bonds is 8. The van der Waals surface area contributed by atoms with E-state index < -0.39 is 19.4 Å². The number of aryl methyl sites for hydroxylation is 1. The molecule has 6 nitrogen and oxygen atoms in total. The summed E-state index contributed by atoms with van der Waals surface area (Å²) >= 11 is 7.17. The van der Waals surface area contributed by atoms with Crippen molar-refractivity contribution in [2.75, 3.05) is 20.8 Å². The van der Waals surface area contributed by atoms with Crippen LogP contribution in [0.3, 0.4) is 0 Å². The molecule has 2 rings (SSSR count). The first-order valence-corrected chi connectivity index (χ1v) is 10.1. The lowest BCUT2D eigenvalue weighted by molar-refractivity contribution is -0.148. The van der Waals surface area contributed by atoms with Crippen LogP contribution in [0.25, 0.3) is 0 Å². The maximum Gasteiger partial charge on any atom is 0.375 e. The number of carbonyl (C=O) groups excluding carboxylic acids is 1. The van der Waals surface area contributed by atoms with Crippen molar-refractivity contribution in [3.05, 3.63) is 51.2 Å². The second kappa shape index (κ2) is 8.83. The van der Waals surface area contributed by atoms with Crippen molar-refractivity contribution in [1.29, 1.82) is 0 Å². The van der Waals surface area contributed by atoms with Crippen LogP contribution in [0, 0.1) is 6.92 Å². The Bertz CT molecular complexity index is 756. The van der Waals surface area contributed by atoms with Gasteiger partial charge in [-0.1, -0.05) is 17.7 Å². The van der Waals surface area contributed by atoms with Crippen molar-refractivity contribution >= 4 is 36.5 Å². The first-order valence-electron chi connectivity index (χ1n) is 7.22. The molecule has 0 radical (unpaired) electrons. The van der Waals surface area contributed by atoms with E-state index >= 15 is 0 Å². The minimum Gasteiger partial charge on any atom is -0.482 e. The highest BCUT2D eigenvalue weighted by Crippen LogP contribution is 2.61. The predicted molar refractivity (Wildman–Crippen MR) is 96.5 cm³/mol. The Labute approximate surface area is 155 Å². The SMILES string of the molecule is COP(=O)(OC)C(OC(=O)COc1ccc(Cl)cc1C)c1cccs1. The number of hydrogen-bond acceptors (Lipinski definition) is 7. The third-order valence-corrected chi connectivity index (χ3v) is 6.61. The van der Waals surface area contributed by atoms with Crippen LogP contribution in [-0.2, 0) is 23.1 Å². The van der Waals surface area contributed by atoms with Crippen molar-refractivity contribution in [3.63, 3.8) is 0 Å². The molecule has 0 saturated heterocycles. The van der Waals surface area contributed by atoms with Crippen LogP contribution < -0.4 is 4.74 Å². The molecule has 136 valence electrons. The highest BCUT2D eigenvalue weighted by atomic mass is 35.5. The summed E-state index contributed by atoms with van der Waals surface area (Å²) < 4.78 is 33.4. The molecule has 2 aromatic rings. The zero-order valence-electron chi connectivity index (χ0n) is 13.9. The van der Waals surface area contributed by atoms with E-state index in [0.717, 1.165) is 5.56 Å². The van der Waals surface area contributed by atoms with Crippen LogP contribution in [0.2, 0.25) is 5.02 Å². The summed E-state index contributed by atoms with van der Waals surface area (Å²) in [6.45, 7) is 1.46. The van der Waals surface area contributed by atoms with E-state index in [1.165, 1.54) is 25.6 Å². The molecule has 1 unspecified atom stereocenters. The summed E-state index contributed by atoms with van der Waals surface area (Å²) in [5.41, 5.74) is 0.787. The first kappa shape index (κ1) is 19.9. The number of ether oxygens (including phenoxy) is 2. The predicted octanol–water partition coefficient (Wildman–Crippen LogP) is 4.82. The Morgan fingerprint density at radius 2 is 2.00 bits per heavy atom. The van der Waals surface area contributed by atoms with Crippen molar-refractivity contribution < 1.29 is 27.9 Å². The molecule has 9 heteroatoms. The molecule has 0 N–H and O–H groups in total. The Morgan fingerprint density at radius 1 is 1.28 bits per heavy atom. The Morgan fingerprint density at radius 3 is 2.56 bits per heavy atom. The summed E-state index contributed by atoms with van der Waals surface area (Å²) in [7, 11) is -1.17. The number of esters is 1. The zero-order chi connectivity index (χ0) is 18.4. The Kier molecular flexibility index (Phi) is 7.04. The first-order chi connectivity index (χ1) is 11.9. The lowest BCUT2D eigenvalue weighted by atomic mass is 10.2. The molecule has 1 heterocycles. The molecule has 0 spiro atoms. The molecule has 0 aliphatic rings. The average Bonchev–Trinajstić information content (AvgIpc) is 3.12. The number of carbonyl (C=O) groups is 1. The van der Waals surface area contributed by atoms with E-state index in [1.807, 2.05) is 6.92 Å². The van der Waals surface area contributed by atoms with Crippen LogP contribution in [0.1, 0.15) is 16.3 Å². The quantitative estimate of drug-likeness (QED) is 0.464. The summed E-state index contributed by atoms with van der Waals surface area (Å²) in [6, 6.07) is 8.49. The highest BCUT2D eigenvalue weighted by molar-refractivity contribution is 7.54. The van der Waals surface area contributed by atoms with Crippen molar-refractivity contribution in [3.8, 4) is 5.75 Å². The van der Waals surface area contributed by atoms with Crippen LogP contribution in [-0.4, -0.2) is 26.8 Å². The Hall–Kier alpha value is -1.37. The van der Waals surface area contributed by atoms with Gasteiger partial charge in [0.15, 0.2) is 6.61 Å². The summed E-state index contributed by atoms with van der Waals surface area (Å²) in [6.07, 6.45) is 0. The van der Waals surface area contributed by atoms with Gasteiger partial charge in [0.2, 0.25) is 5.85 Å². The van der Waals surface area contributed by atoms with E-state index in [-0.39, 0.29) is 6.61 Å². The maximum atomic E-state index is 12.7. The van der Waals surface area contributed by atoms with Gasteiger partial charge < -0.3 is 18.5 Å². The van der Waals surface area contributed by atoms with Gasteiger partial charge in [-0.3, -0.25) is 4.57 Å². The monoisotopic (exact) mass is 404 g/mol. The molecule has 0 aliphatic heterocycles. The van der Waals surface area contributed by atoms with Gasteiger partial charge in [-0.15, -0.1) is 11.3 Å². The number of hydrogen-bond donors (Lipinski definition) is 0. The normalized spacial score (nSPS) is 12.6. The zero-order valence-corrected chi connectivity index (χ0v) is 16.4. The molecule has 0 bridgehead atoms. The third-order valence-electron chi connectivity index (χ3n) is 3.31. The fourth-order valence-electron chi connectivity index (χ4n) is 2.05. The van der Waals surface area contributed by atoms with Crippen LogP contribution in [0.4, 0.5) is 0 Å². The lowest BCUT2D eigenvalue weighted by Gasteiger charge is -2.23. The van der Waals surface area contributed by atoms with Crippen LogP contribution >= 0.6 is 30.5 Å². The second-order valence-electron chi connectivity index (χ2n) is 4.96. The van der Waals surface area contributed by atoms with E-state index in [2.05, 4.69) is 0 Å². The van der Waals surface area contributed by atoms with Gasteiger partial charge in [-0.2, -0.15) is 0 Å². The molecule has 25 heavy (non-hydrogen) atoms. The van der Waals surface area contributed by atoms with E-state index in [1.54, 1.807) is 35.7 Å². The number of halogens is 1. The van der Waals surface area contributed by atoms with Gasteiger partial charge in [0, 0.05) is 19.2 Å². The molecule has 1 aromatic heterocycles. The van der Waals surface area contributed by atoms with Crippen molar-refractivity contribution in [2.24, 2.45) is 0 Å².